The summed E-state index contributed by atoms with van der Waals surface area (Å²) in [7, 11) is 0. The Morgan fingerprint density at radius 3 is 2.77 bits per heavy atom. The van der Waals surface area contributed by atoms with Crippen molar-refractivity contribution in [3.8, 4) is 10.4 Å². The summed E-state index contributed by atoms with van der Waals surface area (Å²) in [5, 5.41) is 3.82. The molecule has 4 saturated heterocycles. The van der Waals surface area contributed by atoms with E-state index in [4.69, 9.17) is 4.74 Å². The second kappa shape index (κ2) is 8.04. The van der Waals surface area contributed by atoms with Gasteiger partial charge in [0.1, 0.15) is 11.1 Å². The number of nitrogens with zero attached hydrogens (tertiary/aromatic N) is 2. The molecule has 6 nitrogen and oxygen atoms in total. The van der Waals surface area contributed by atoms with Crippen molar-refractivity contribution in [1.82, 2.24) is 4.90 Å². The summed E-state index contributed by atoms with van der Waals surface area (Å²) in [6.45, 7) is 5.92. The normalized spacial score (nSPS) is 27.9. The van der Waals surface area contributed by atoms with E-state index in [1.54, 1.807) is 16.2 Å². The minimum atomic E-state index is -0.228. The molecule has 0 aliphatic carbocycles. The fourth-order valence-corrected chi connectivity index (χ4v) is 5.95. The molecule has 1 N–H and O–H groups in total. The Morgan fingerprint density at radius 2 is 2.03 bits per heavy atom. The molecule has 158 valence electrons. The average Bonchev–Trinajstić information content (AvgIpc) is 3.41. The second-order valence-corrected chi connectivity index (χ2v) is 9.52. The van der Waals surface area contributed by atoms with Crippen molar-refractivity contribution >= 4 is 34.0 Å². The third-order valence-electron chi connectivity index (χ3n) is 6.63. The number of carbonyl (C=O) groups is 2. The van der Waals surface area contributed by atoms with Crippen molar-refractivity contribution in [3.63, 3.8) is 0 Å². The van der Waals surface area contributed by atoms with Crippen molar-refractivity contribution in [2.45, 2.75) is 32.3 Å². The SMILES string of the molecule is CCC(=O)Nc1cccc(-c2ccc(N3C[C@@H](C4CN5CCC4CC5)OC3=O)s2)c1. The Kier molecular flexibility index (Phi) is 5.25. The highest BCUT2D eigenvalue weighted by molar-refractivity contribution is 7.19. The number of benzene rings is 1. The molecule has 30 heavy (non-hydrogen) atoms. The molecular weight excluding hydrogens is 398 g/mol. The molecule has 7 heteroatoms. The summed E-state index contributed by atoms with van der Waals surface area (Å²) in [4.78, 5) is 29.7. The number of ether oxygens (including phenoxy) is 1. The number of carbonyl (C=O) groups excluding carboxylic acids is 2. The lowest BCUT2D eigenvalue weighted by Crippen LogP contribution is -2.52. The molecule has 2 amide bonds. The number of fused-ring (bicyclic) bond motifs is 3. The zero-order valence-corrected chi connectivity index (χ0v) is 18.0. The van der Waals surface area contributed by atoms with Gasteiger partial charge in [0.05, 0.1) is 6.54 Å². The molecule has 6 rings (SSSR count). The predicted molar refractivity (Wildman–Crippen MR) is 119 cm³/mol. The number of thiophene rings is 1. The first-order valence-electron chi connectivity index (χ1n) is 10.8. The van der Waals surface area contributed by atoms with Crippen LogP contribution in [0, 0.1) is 11.8 Å². The molecule has 4 fully saturated rings. The molecule has 0 saturated carbocycles. The van der Waals surface area contributed by atoms with Gasteiger partial charge in [0.2, 0.25) is 5.91 Å². The molecule has 2 atom stereocenters. The molecule has 1 aromatic heterocycles. The van der Waals surface area contributed by atoms with E-state index >= 15 is 0 Å². The summed E-state index contributed by atoms with van der Waals surface area (Å²) in [5.74, 6) is 1.14. The first kappa shape index (κ1) is 19.6. The smallest absolute Gasteiger partial charge is 0.415 e. The monoisotopic (exact) mass is 425 g/mol. The van der Waals surface area contributed by atoms with Crippen molar-refractivity contribution in [3.05, 3.63) is 36.4 Å². The van der Waals surface area contributed by atoms with Gasteiger partial charge < -0.3 is 15.0 Å². The van der Waals surface area contributed by atoms with Gasteiger partial charge in [-0.3, -0.25) is 9.69 Å². The average molecular weight is 426 g/mol. The number of hydrogen-bond donors (Lipinski definition) is 1. The lowest BCUT2D eigenvalue weighted by atomic mass is 9.76. The van der Waals surface area contributed by atoms with Crippen LogP contribution in [0.25, 0.3) is 10.4 Å². The van der Waals surface area contributed by atoms with Crippen molar-refractivity contribution < 1.29 is 14.3 Å². The molecule has 2 bridgehead atoms. The summed E-state index contributed by atoms with van der Waals surface area (Å²) < 4.78 is 5.83. The zero-order chi connectivity index (χ0) is 20.7. The number of anilines is 2. The van der Waals surface area contributed by atoms with Crippen LogP contribution in [-0.2, 0) is 9.53 Å². The molecule has 1 aromatic carbocycles. The lowest BCUT2D eigenvalue weighted by molar-refractivity contribution is -0.115. The van der Waals surface area contributed by atoms with Gasteiger partial charge in [-0.25, -0.2) is 4.79 Å². The quantitative estimate of drug-likeness (QED) is 0.770. The molecule has 4 aliphatic rings. The van der Waals surface area contributed by atoms with Gasteiger partial charge in [-0.2, -0.15) is 0 Å². The summed E-state index contributed by atoms with van der Waals surface area (Å²) in [6.07, 6.45) is 2.67. The summed E-state index contributed by atoms with van der Waals surface area (Å²) >= 11 is 1.59. The molecular formula is C23H27N3O3S. The van der Waals surface area contributed by atoms with E-state index in [0.717, 1.165) is 27.7 Å². The summed E-state index contributed by atoms with van der Waals surface area (Å²) in [5.41, 5.74) is 1.82. The van der Waals surface area contributed by atoms with Crippen LogP contribution in [0.2, 0.25) is 0 Å². The maximum Gasteiger partial charge on any atom is 0.415 e. The maximum absolute atomic E-state index is 12.6. The summed E-state index contributed by atoms with van der Waals surface area (Å²) in [6, 6.07) is 11.9. The van der Waals surface area contributed by atoms with Crippen LogP contribution in [0.1, 0.15) is 26.2 Å². The molecule has 4 aliphatic heterocycles. The number of nitrogens with one attached hydrogen (secondary N) is 1. The Bertz CT molecular complexity index is 951. The zero-order valence-electron chi connectivity index (χ0n) is 17.2. The molecule has 0 spiro atoms. The van der Waals surface area contributed by atoms with Crippen LogP contribution in [0.5, 0.6) is 0 Å². The first-order valence-corrected chi connectivity index (χ1v) is 11.6. The van der Waals surface area contributed by atoms with Gasteiger partial charge in [0.25, 0.3) is 0 Å². The Labute approximate surface area is 180 Å². The van der Waals surface area contributed by atoms with Crippen LogP contribution < -0.4 is 10.2 Å². The van der Waals surface area contributed by atoms with Gasteiger partial charge in [0.15, 0.2) is 0 Å². The van der Waals surface area contributed by atoms with Gasteiger partial charge in [-0.15, -0.1) is 11.3 Å². The van der Waals surface area contributed by atoms with Crippen molar-refractivity contribution in [1.29, 1.82) is 0 Å². The molecule has 2 aromatic rings. The van der Waals surface area contributed by atoms with Crippen LogP contribution in [0.4, 0.5) is 15.5 Å². The van der Waals surface area contributed by atoms with Gasteiger partial charge >= 0.3 is 6.09 Å². The fraction of sp³-hybridized carbons (Fsp3) is 0.478. The second-order valence-electron chi connectivity index (χ2n) is 8.46. The van der Waals surface area contributed by atoms with E-state index in [0.29, 0.717) is 24.8 Å². The number of amides is 2. The van der Waals surface area contributed by atoms with Gasteiger partial charge in [-0.1, -0.05) is 19.1 Å². The number of hydrogen-bond acceptors (Lipinski definition) is 5. The van der Waals surface area contributed by atoms with E-state index < -0.39 is 0 Å². The predicted octanol–water partition coefficient (Wildman–Crippen LogP) is 4.43. The number of rotatable bonds is 5. The van der Waals surface area contributed by atoms with Crippen LogP contribution in [0.3, 0.4) is 0 Å². The fourth-order valence-electron chi connectivity index (χ4n) is 4.95. The highest BCUT2D eigenvalue weighted by Gasteiger charge is 2.45. The highest BCUT2D eigenvalue weighted by atomic mass is 32.1. The van der Waals surface area contributed by atoms with Gasteiger partial charge in [-0.05, 0) is 61.7 Å². The maximum atomic E-state index is 12.6. The van der Waals surface area contributed by atoms with Gasteiger partial charge in [0, 0.05) is 29.4 Å². The van der Waals surface area contributed by atoms with Crippen molar-refractivity contribution in [2.75, 3.05) is 36.4 Å². The minimum Gasteiger partial charge on any atom is -0.444 e. The largest absolute Gasteiger partial charge is 0.444 e. The van der Waals surface area contributed by atoms with E-state index in [2.05, 4.69) is 10.2 Å². The number of piperidine rings is 3. The molecule has 0 radical (unpaired) electrons. The third-order valence-corrected chi connectivity index (χ3v) is 7.79. The van der Waals surface area contributed by atoms with Crippen LogP contribution >= 0.6 is 11.3 Å². The Balaban J connectivity index is 1.30. The highest BCUT2D eigenvalue weighted by Crippen LogP contribution is 2.40. The third kappa shape index (κ3) is 3.72. The van der Waals surface area contributed by atoms with E-state index in [1.807, 2.05) is 43.3 Å². The number of cyclic esters (lactones) is 1. The molecule has 5 heterocycles. The molecule has 1 unspecified atom stereocenters. The standard InChI is InChI=1S/C23H27N3O3S/c1-2-21(27)24-17-5-3-4-16(12-17)20-6-7-22(30-20)26-14-19(29-23(26)28)18-13-25-10-8-15(18)9-11-25/h3-7,12,15,18-19H,2,8-11,13-14H2,1H3,(H,24,27)/t18?,19-/m0/s1. The first-order chi connectivity index (χ1) is 14.6. The topological polar surface area (TPSA) is 61.9 Å². The van der Waals surface area contributed by atoms with Crippen molar-refractivity contribution in [2.24, 2.45) is 11.8 Å². The Hall–Kier alpha value is -2.38. The lowest BCUT2D eigenvalue weighted by Gasteiger charge is -2.46. The van der Waals surface area contributed by atoms with E-state index in [9.17, 15) is 9.59 Å². The van der Waals surface area contributed by atoms with Crippen LogP contribution in [0.15, 0.2) is 36.4 Å². The minimum absolute atomic E-state index is 0.00221. The van der Waals surface area contributed by atoms with Crippen LogP contribution in [-0.4, -0.2) is 49.2 Å². The van der Waals surface area contributed by atoms with E-state index in [1.165, 1.54) is 25.9 Å². The Morgan fingerprint density at radius 1 is 1.20 bits per heavy atom. The van der Waals surface area contributed by atoms with E-state index in [-0.39, 0.29) is 18.1 Å².